The van der Waals surface area contributed by atoms with E-state index >= 15 is 0 Å². The van der Waals surface area contributed by atoms with Gasteiger partial charge in [-0.3, -0.25) is 4.90 Å². The molecule has 2 aromatic rings. The van der Waals surface area contributed by atoms with Crippen molar-refractivity contribution in [3.63, 3.8) is 0 Å². The summed E-state index contributed by atoms with van der Waals surface area (Å²) in [5.74, 6) is 0.105. The van der Waals surface area contributed by atoms with Crippen molar-refractivity contribution in [3.8, 4) is 5.75 Å². The number of piperazine rings is 1. The van der Waals surface area contributed by atoms with Gasteiger partial charge < -0.3 is 43.0 Å². The van der Waals surface area contributed by atoms with Gasteiger partial charge in [0.1, 0.15) is 12.4 Å². The fraction of sp³-hybridized carbons (Fsp3) is 0.586. The number of halogens is 1. The molecule has 0 spiro atoms. The molecule has 0 aromatic heterocycles. The van der Waals surface area contributed by atoms with E-state index in [9.17, 15) is 13.5 Å². The Labute approximate surface area is 245 Å². The lowest BCUT2D eigenvalue weighted by Gasteiger charge is -2.39. The van der Waals surface area contributed by atoms with E-state index in [4.69, 9.17) is 9.47 Å². The predicted octanol–water partition coefficient (Wildman–Crippen LogP) is 0.0927. The van der Waals surface area contributed by atoms with E-state index in [2.05, 4.69) is 19.0 Å². The van der Waals surface area contributed by atoms with Crippen LogP contribution in [0.3, 0.4) is 0 Å². The largest absolute Gasteiger partial charge is 1.00 e. The van der Waals surface area contributed by atoms with Crippen LogP contribution in [0, 0.1) is 12.3 Å². The number of rotatable bonds is 8. The van der Waals surface area contributed by atoms with Crippen molar-refractivity contribution in [2.75, 3.05) is 72.4 Å². The van der Waals surface area contributed by atoms with Gasteiger partial charge in [-0.25, -0.2) is 8.42 Å². The molecule has 0 unspecified atom stereocenters. The standard InChI is InChI=1S/C29H43N2O5S.HI/c1-22-9-10-26-25(19-22)27(28(32)29(2,3)21-37(26,33)34)23-7-6-8-24(20-23)36-18-17-35-16-13-30-11-14-31(4,5)15-12-30;/h6-10,19-20,27-28,32H,11-18,21H2,1-5H3;1H/q+1;/p-1/t27-,28-;/m1./s1. The van der Waals surface area contributed by atoms with Crippen molar-refractivity contribution < 1.29 is 51.5 Å². The van der Waals surface area contributed by atoms with Crippen LogP contribution in [0.1, 0.15) is 36.5 Å². The van der Waals surface area contributed by atoms with Gasteiger partial charge in [0, 0.05) is 31.0 Å². The second-order valence-electron chi connectivity index (χ2n) is 12.0. The maximum absolute atomic E-state index is 13.2. The molecule has 1 saturated heterocycles. The Morgan fingerprint density at radius 2 is 1.76 bits per heavy atom. The van der Waals surface area contributed by atoms with Crippen LogP contribution in [0.2, 0.25) is 0 Å². The zero-order valence-electron chi connectivity index (χ0n) is 23.3. The smallest absolute Gasteiger partial charge is 0.179 e. The topological polar surface area (TPSA) is 76.1 Å². The lowest BCUT2D eigenvalue weighted by Crippen LogP contribution is -3.00. The molecule has 7 nitrogen and oxygen atoms in total. The number of aliphatic hydroxyl groups is 1. The van der Waals surface area contributed by atoms with E-state index in [0.717, 1.165) is 35.2 Å². The summed E-state index contributed by atoms with van der Waals surface area (Å²) in [6.07, 6.45) is -0.872. The summed E-state index contributed by atoms with van der Waals surface area (Å²) in [5, 5.41) is 11.5. The fourth-order valence-corrected chi connectivity index (χ4v) is 7.54. The lowest BCUT2D eigenvalue weighted by atomic mass is 9.75. The van der Waals surface area contributed by atoms with Crippen LogP contribution in [0.5, 0.6) is 5.75 Å². The highest BCUT2D eigenvalue weighted by Crippen LogP contribution is 2.45. The van der Waals surface area contributed by atoms with Gasteiger partial charge >= 0.3 is 0 Å². The van der Waals surface area contributed by atoms with Crippen molar-refractivity contribution in [1.82, 2.24) is 4.90 Å². The van der Waals surface area contributed by atoms with Crippen molar-refractivity contribution in [2.45, 2.75) is 37.7 Å². The SMILES string of the molecule is Cc1ccc2c(c1)[C@@H](c1cccc(OCCOCCN3CC[N+](C)(C)CC3)c1)[C@@H](O)C(C)(C)CS2(=O)=O.[I-]. The van der Waals surface area contributed by atoms with Crippen LogP contribution < -0.4 is 28.7 Å². The van der Waals surface area contributed by atoms with Crippen molar-refractivity contribution >= 4 is 9.84 Å². The number of hydrogen-bond acceptors (Lipinski definition) is 6. The first-order valence-corrected chi connectivity index (χ1v) is 14.9. The number of likely N-dealkylation sites (N-methyl/N-ethyl adjacent to an activating group) is 1. The molecule has 2 heterocycles. The first-order chi connectivity index (χ1) is 17.4. The number of ether oxygens (including phenoxy) is 2. The molecule has 0 radical (unpaired) electrons. The van der Waals surface area contributed by atoms with Crippen molar-refractivity contribution in [1.29, 1.82) is 0 Å². The lowest BCUT2D eigenvalue weighted by molar-refractivity contribution is -0.894. The Balaban J connectivity index is 0.00000400. The molecule has 9 heteroatoms. The summed E-state index contributed by atoms with van der Waals surface area (Å²) in [5.41, 5.74) is 1.64. The highest BCUT2D eigenvalue weighted by Gasteiger charge is 2.45. The Hall–Kier alpha value is -1.24. The van der Waals surface area contributed by atoms with Gasteiger partial charge in [0.15, 0.2) is 9.84 Å². The van der Waals surface area contributed by atoms with Gasteiger partial charge in [-0.05, 0) is 36.2 Å². The molecule has 0 aliphatic carbocycles. The third-order valence-corrected chi connectivity index (χ3v) is 9.99. The van der Waals surface area contributed by atoms with Crippen LogP contribution >= 0.6 is 0 Å². The summed E-state index contributed by atoms with van der Waals surface area (Å²) >= 11 is 0. The van der Waals surface area contributed by atoms with E-state index in [1.54, 1.807) is 6.07 Å². The molecule has 1 fully saturated rings. The van der Waals surface area contributed by atoms with E-state index in [1.165, 1.54) is 13.1 Å². The average Bonchev–Trinajstić information content (AvgIpc) is 2.87. The molecule has 1 N–H and O–H groups in total. The van der Waals surface area contributed by atoms with E-state index in [-0.39, 0.29) is 29.7 Å². The monoisotopic (exact) mass is 658 g/mol. The minimum absolute atomic E-state index is 0. The molecule has 2 aromatic carbocycles. The molecule has 0 bridgehead atoms. The summed E-state index contributed by atoms with van der Waals surface area (Å²) in [6.45, 7) is 12.7. The maximum atomic E-state index is 13.2. The molecular weight excluding hydrogens is 615 g/mol. The Morgan fingerprint density at radius 1 is 1.05 bits per heavy atom. The van der Waals surface area contributed by atoms with Crippen molar-refractivity contribution in [2.24, 2.45) is 5.41 Å². The van der Waals surface area contributed by atoms with Crippen LogP contribution in [0.25, 0.3) is 0 Å². The average molecular weight is 659 g/mol. The number of hydrogen-bond donors (Lipinski definition) is 1. The third kappa shape index (κ3) is 7.48. The third-order valence-electron chi connectivity index (χ3n) is 7.82. The molecule has 0 saturated carbocycles. The minimum Gasteiger partial charge on any atom is -1.00 e. The van der Waals surface area contributed by atoms with Gasteiger partial charge in [-0.1, -0.05) is 43.7 Å². The molecule has 2 aliphatic heterocycles. The fourth-order valence-electron chi connectivity index (χ4n) is 5.41. The van der Waals surface area contributed by atoms with Gasteiger partial charge in [0.25, 0.3) is 0 Å². The summed E-state index contributed by atoms with van der Waals surface area (Å²) in [4.78, 5) is 2.76. The van der Waals surface area contributed by atoms with Crippen molar-refractivity contribution in [3.05, 3.63) is 59.2 Å². The minimum atomic E-state index is -3.54. The number of sulfone groups is 1. The zero-order valence-corrected chi connectivity index (χ0v) is 26.3. The maximum Gasteiger partial charge on any atom is 0.179 e. The molecular formula is C29H43IN2O5S. The Morgan fingerprint density at radius 3 is 2.47 bits per heavy atom. The predicted molar refractivity (Wildman–Crippen MR) is 146 cm³/mol. The number of aryl methyl sites for hydroxylation is 1. The highest BCUT2D eigenvalue weighted by molar-refractivity contribution is 7.91. The van der Waals surface area contributed by atoms with Gasteiger partial charge in [0.05, 0.1) is 57.2 Å². The normalized spacial score (nSPS) is 24.1. The number of aliphatic hydroxyl groups excluding tert-OH is 1. The number of quaternary nitrogens is 1. The van der Waals surface area contributed by atoms with Crippen LogP contribution in [0.15, 0.2) is 47.4 Å². The first-order valence-electron chi connectivity index (χ1n) is 13.2. The molecule has 0 amide bonds. The van der Waals surface area contributed by atoms with Crippen LogP contribution in [-0.4, -0.2) is 101 Å². The summed E-state index contributed by atoms with van der Waals surface area (Å²) in [6, 6.07) is 13.0. The highest BCUT2D eigenvalue weighted by atomic mass is 127. The van der Waals surface area contributed by atoms with E-state index in [0.29, 0.717) is 36.0 Å². The number of nitrogens with zero attached hydrogens (tertiary/aromatic N) is 2. The summed E-state index contributed by atoms with van der Waals surface area (Å²) < 4.78 is 39.3. The van der Waals surface area contributed by atoms with E-state index < -0.39 is 27.3 Å². The van der Waals surface area contributed by atoms with Crippen LogP contribution in [0.4, 0.5) is 0 Å². The molecule has 212 valence electrons. The van der Waals surface area contributed by atoms with Gasteiger partial charge in [-0.2, -0.15) is 0 Å². The second-order valence-corrected chi connectivity index (χ2v) is 13.9. The first kappa shape index (κ1) is 31.3. The molecule has 2 atom stereocenters. The Kier molecular flexibility index (Phi) is 10.3. The number of benzene rings is 2. The second kappa shape index (κ2) is 12.5. The molecule has 4 rings (SSSR count). The van der Waals surface area contributed by atoms with Gasteiger partial charge in [0.2, 0.25) is 0 Å². The Bertz CT molecular complexity index is 1190. The summed E-state index contributed by atoms with van der Waals surface area (Å²) in [7, 11) is 1.02. The quantitative estimate of drug-likeness (QED) is 0.247. The zero-order chi connectivity index (χ0) is 26.8. The molecule has 38 heavy (non-hydrogen) atoms. The number of fused-ring (bicyclic) bond motifs is 1. The molecule has 2 aliphatic rings. The van der Waals surface area contributed by atoms with Crippen LogP contribution in [-0.2, 0) is 14.6 Å². The van der Waals surface area contributed by atoms with Gasteiger partial charge in [-0.15, -0.1) is 0 Å². The van der Waals surface area contributed by atoms with E-state index in [1.807, 2.05) is 57.2 Å².